The quantitative estimate of drug-likeness (QED) is 0.280. The van der Waals surface area contributed by atoms with Gasteiger partial charge >= 0.3 is 5.97 Å². The van der Waals surface area contributed by atoms with Crippen LogP contribution in [0.5, 0.6) is 5.75 Å². The van der Waals surface area contributed by atoms with Crippen molar-refractivity contribution in [3.63, 3.8) is 0 Å². The number of anilines is 1. The number of nitrogens with one attached hydrogen (secondary N) is 1. The van der Waals surface area contributed by atoms with Gasteiger partial charge in [0.25, 0.3) is 11.6 Å². The molecular weight excluding hydrogens is 400 g/mol. The van der Waals surface area contributed by atoms with Crippen LogP contribution in [0.25, 0.3) is 0 Å². The van der Waals surface area contributed by atoms with E-state index in [0.29, 0.717) is 13.0 Å². The summed E-state index contributed by atoms with van der Waals surface area (Å²) in [5.74, 6) is -0.470. The molecule has 0 bridgehead atoms. The molecule has 8 nitrogen and oxygen atoms in total. The molecule has 29 heavy (non-hydrogen) atoms. The minimum Gasteiger partial charge on any atom is -0.494 e. The van der Waals surface area contributed by atoms with Crippen LogP contribution in [0.2, 0.25) is 5.02 Å². The monoisotopic (exact) mass is 420 g/mol. The third kappa shape index (κ3) is 7.08. The van der Waals surface area contributed by atoms with Gasteiger partial charge in [-0.05, 0) is 44.0 Å². The molecule has 1 amide bonds. The van der Waals surface area contributed by atoms with Crippen LogP contribution < -0.4 is 10.1 Å². The van der Waals surface area contributed by atoms with Gasteiger partial charge in [0.2, 0.25) is 0 Å². The lowest BCUT2D eigenvalue weighted by Gasteiger charge is -2.14. The molecule has 0 fully saturated rings. The van der Waals surface area contributed by atoms with Gasteiger partial charge in [-0.15, -0.1) is 0 Å². The lowest BCUT2D eigenvalue weighted by atomic mass is 10.2. The summed E-state index contributed by atoms with van der Waals surface area (Å²) >= 11 is 5.94. The van der Waals surface area contributed by atoms with Crippen LogP contribution >= 0.6 is 11.6 Å². The zero-order valence-corrected chi connectivity index (χ0v) is 16.8. The fraction of sp³-hybridized carbons (Fsp3) is 0.300. The van der Waals surface area contributed by atoms with Crippen molar-refractivity contribution in [2.45, 2.75) is 32.8 Å². The number of nitro groups is 1. The first-order valence-electron chi connectivity index (χ1n) is 8.90. The van der Waals surface area contributed by atoms with E-state index in [1.165, 1.54) is 19.1 Å². The average Bonchev–Trinajstić information content (AvgIpc) is 2.66. The highest BCUT2D eigenvalue weighted by atomic mass is 35.5. The Morgan fingerprint density at radius 3 is 2.69 bits per heavy atom. The maximum Gasteiger partial charge on any atom is 0.306 e. The van der Waals surface area contributed by atoms with Gasteiger partial charge in [0, 0.05) is 18.6 Å². The topological polar surface area (TPSA) is 108 Å². The molecular formula is C20H21ClN2O6. The lowest BCUT2D eigenvalue weighted by Crippen LogP contribution is -2.30. The zero-order chi connectivity index (χ0) is 21.4. The van der Waals surface area contributed by atoms with Crippen LogP contribution in [-0.4, -0.2) is 29.5 Å². The molecule has 154 valence electrons. The number of carbonyl (C=O) groups excluding carboxylic acids is 2. The molecule has 2 aromatic rings. The van der Waals surface area contributed by atoms with Crippen molar-refractivity contribution in [3.05, 3.63) is 63.2 Å². The predicted molar refractivity (Wildman–Crippen MR) is 108 cm³/mol. The van der Waals surface area contributed by atoms with Gasteiger partial charge in [0.15, 0.2) is 6.10 Å². The zero-order valence-electron chi connectivity index (χ0n) is 16.0. The Bertz CT molecular complexity index is 902. The van der Waals surface area contributed by atoms with Crippen molar-refractivity contribution in [2.75, 3.05) is 11.9 Å². The number of ether oxygens (including phenoxy) is 2. The number of nitrogens with zero attached hydrogens (tertiary/aromatic N) is 1. The number of esters is 1. The minimum atomic E-state index is -1.09. The molecule has 0 aliphatic rings. The molecule has 2 aromatic carbocycles. The van der Waals surface area contributed by atoms with Gasteiger partial charge in [-0.25, -0.2) is 0 Å². The molecule has 0 aromatic heterocycles. The number of halogens is 1. The third-order valence-electron chi connectivity index (χ3n) is 3.88. The van der Waals surface area contributed by atoms with E-state index < -0.39 is 22.9 Å². The summed E-state index contributed by atoms with van der Waals surface area (Å²) in [6.45, 7) is 3.70. The number of hydrogen-bond acceptors (Lipinski definition) is 6. The number of hydrogen-bond donors (Lipinski definition) is 1. The Hall–Kier alpha value is -3.13. The Morgan fingerprint density at radius 2 is 2.00 bits per heavy atom. The van der Waals surface area contributed by atoms with E-state index in [1.807, 2.05) is 31.2 Å². The molecule has 9 heteroatoms. The fourth-order valence-electron chi connectivity index (χ4n) is 2.38. The Labute approximate surface area is 172 Å². The smallest absolute Gasteiger partial charge is 0.306 e. The van der Waals surface area contributed by atoms with E-state index in [2.05, 4.69) is 5.32 Å². The number of rotatable bonds is 9. The molecule has 0 aliphatic carbocycles. The normalized spacial score (nSPS) is 11.4. The second-order valence-corrected chi connectivity index (χ2v) is 6.72. The first kappa shape index (κ1) is 22.2. The van der Waals surface area contributed by atoms with E-state index in [4.69, 9.17) is 21.1 Å². The number of carbonyl (C=O) groups is 2. The molecule has 1 unspecified atom stereocenters. The average molecular weight is 421 g/mol. The van der Waals surface area contributed by atoms with E-state index in [-0.39, 0.29) is 22.8 Å². The molecule has 0 radical (unpaired) electrons. The summed E-state index contributed by atoms with van der Waals surface area (Å²) < 4.78 is 10.6. The van der Waals surface area contributed by atoms with Gasteiger partial charge in [0.1, 0.15) is 5.75 Å². The molecule has 0 aliphatic heterocycles. The maximum atomic E-state index is 12.2. The van der Waals surface area contributed by atoms with Crippen LogP contribution in [0.1, 0.15) is 25.3 Å². The van der Waals surface area contributed by atoms with Crippen LogP contribution in [0.3, 0.4) is 0 Å². The minimum absolute atomic E-state index is 0.0697. The second-order valence-electron chi connectivity index (χ2n) is 6.31. The number of benzene rings is 2. The van der Waals surface area contributed by atoms with Crippen molar-refractivity contribution in [1.29, 1.82) is 0 Å². The van der Waals surface area contributed by atoms with E-state index in [0.717, 1.165) is 17.4 Å². The van der Waals surface area contributed by atoms with Crippen LogP contribution in [-0.2, 0) is 14.3 Å². The molecule has 1 atom stereocenters. The number of amides is 1. The molecule has 0 spiro atoms. The number of aryl methyl sites for hydroxylation is 1. The van der Waals surface area contributed by atoms with Crippen LogP contribution in [0, 0.1) is 17.0 Å². The SMILES string of the molecule is Cc1cccc(OCCCC(=O)OC(C)C(=O)Nc2cc([N+](=O)[O-])ccc2Cl)c1. The van der Waals surface area contributed by atoms with Crippen molar-refractivity contribution >= 4 is 34.9 Å². The van der Waals surface area contributed by atoms with Gasteiger partial charge < -0.3 is 14.8 Å². The molecule has 1 N–H and O–H groups in total. The Balaban J connectivity index is 1.78. The standard InChI is InChI=1S/C20H21ClN2O6/c1-13-5-3-6-16(11-13)28-10-4-7-19(24)29-14(2)20(25)22-18-12-15(23(26)27)8-9-17(18)21/h3,5-6,8-9,11-12,14H,4,7,10H2,1-2H3,(H,22,25). The Kier molecular flexibility index (Phi) is 7.97. The highest BCUT2D eigenvalue weighted by Crippen LogP contribution is 2.26. The molecule has 0 heterocycles. The Morgan fingerprint density at radius 1 is 1.24 bits per heavy atom. The van der Waals surface area contributed by atoms with Crippen molar-refractivity contribution in [3.8, 4) is 5.75 Å². The maximum absolute atomic E-state index is 12.2. The van der Waals surface area contributed by atoms with E-state index in [9.17, 15) is 19.7 Å². The summed E-state index contributed by atoms with van der Waals surface area (Å²) in [4.78, 5) is 34.3. The summed E-state index contributed by atoms with van der Waals surface area (Å²) in [5.41, 5.74) is 0.925. The van der Waals surface area contributed by atoms with Gasteiger partial charge in [0.05, 0.1) is 22.2 Å². The summed E-state index contributed by atoms with van der Waals surface area (Å²) in [6.07, 6.45) is -0.575. The lowest BCUT2D eigenvalue weighted by molar-refractivity contribution is -0.384. The van der Waals surface area contributed by atoms with Crippen LogP contribution in [0.15, 0.2) is 42.5 Å². The first-order valence-corrected chi connectivity index (χ1v) is 9.28. The van der Waals surface area contributed by atoms with Crippen molar-refractivity contribution < 1.29 is 24.0 Å². The number of nitro benzene ring substituents is 1. The number of non-ortho nitro benzene ring substituents is 1. The van der Waals surface area contributed by atoms with Crippen molar-refractivity contribution in [2.24, 2.45) is 0 Å². The largest absolute Gasteiger partial charge is 0.494 e. The van der Waals surface area contributed by atoms with E-state index >= 15 is 0 Å². The predicted octanol–water partition coefficient (Wildman–Crippen LogP) is 4.29. The molecule has 2 rings (SSSR count). The van der Waals surface area contributed by atoms with E-state index in [1.54, 1.807) is 0 Å². The highest BCUT2D eigenvalue weighted by molar-refractivity contribution is 6.33. The summed E-state index contributed by atoms with van der Waals surface area (Å²) in [5, 5.41) is 13.4. The van der Waals surface area contributed by atoms with Crippen molar-refractivity contribution in [1.82, 2.24) is 0 Å². The van der Waals surface area contributed by atoms with Gasteiger partial charge in [-0.1, -0.05) is 23.7 Å². The summed E-state index contributed by atoms with van der Waals surface area (Å²) in [7, 11) is 0. The molecule has 0 saturated carbocycles. The highest BCUT2D eigenvalue weighted by Gasteiger charge is 2.20. The third-order valence-corrected chi connectivity index (χ3v) is 4.21. The van der Waals surface area contributed by atoms with Gasteiger partial charge in [-0.2, -0.15) is 0 Å². The fourth-order valence-corrected chi connectivity index (χ4v) is 2.54. The summed E-state index contributed by atoms with van der Waals surface area (Å²) in [6, 6.07) is 11.2. The van der Waals surface area contributed by atoms with Gasteiger partial charge in [-0.3, -0.25) is 19.7 Å². The first-order chi connectivity index (χ1) is 13.8. The second kappa shape index (κ2) is 10.4. The molecule has 0 saturated heterocycles. The van der Waals surface area contributed by atoms with Crippen LogP contribution in [0.4, 0.5) is 11.4 Å².